The summed E-state index contributed by atoms with van der Waals surface area (Å²) in [7, 11) is 0. The van der Waals surface area contributed by atoms with Crippen molar-refractivity contribution >= 4 is 27.4 Å². The van der Waals surface area contributed by atoms with E-state index in [9.17, 15) is 0 Å². The van der Waals surface area contributed by atoms with Crippen LogP contribution in [0.15, 0.2) is 18.5 Å². The maximum absolute atomic E-state index is 6.20. The lowest BCUT2D eigenvalue weighted by molar-refractivity contribution is 0.917. The normalized spacial score (nSPS) is 13.8. The summed E-state index contributed by atoms with van der Waals surface area (Å²) in [6, 6.07) is 1.94. The molecular formula is C15H14N4S. The zero-order valence-electron chi connectivity index (χ0n) is 11.2. The summed E-state index contributed by atoms with van der Waals surface area (Å²) in [5.41, 5.74) is 9.64. The second-order valence-corrected chi connectivity index (χ2v) is 6.24. The molecule has 0 saturated heterocycles. The summed E-state index contributed by atoms with van der Waals surface area (Å²) in [6.45, 7) is 2.01. The van der Waals surface area contributed by atoms with Crippen molar-refractivity contribution < 1.29 is 0 Å². The highest BCUT2D eigenvalue weighted by Crippen LogP contribution is 2.39. The molecule has 5 heteroatoms. The number of aromatic nitrogens is 3. The number of nitrogens with two attached hydrogens (primary N) is 1. The number of nitrogens with zero attached hydrogens (tertiary/aromatic N) is 3. The third kappa shape index (κ3) is 1.63. The number of fused-ring (bicyclic) bond motifs is 3. The average Bonchev–Trinajstić information content (AvgIpc) is 2.98. The fourth-order valence-corrected chi connectivity index (χ4v) is 4.14. The van der Waals surface area contributed by atoms with Crippen molar-refractivity contribution in [3.05, 3.63) is 34.5 Å². The third-order valence-corrected chi connectivity index (χ3v) is 5.04. The summed E-state index contributed by atoms with van der Waals surface area (Å²) < 4.78 is 0. The molecule has 0 spiro atoms. The first kappa shape index (κ1) is 11.8. The molecular weight excluding hydrogens is 268 g/mol. The van der Waals surface area contributed by atoms with Gasteiger partial charge in [-0.15, -0.1) is 11.3 Å². The minimum Gasteiger partial charge on any atom is -0.383 e. The van der Waals surface area contributed by atoms with Gasteiger partial charge in [-0.3, -0.25) is 4.98 Å². The van der Waals surface area contributed by atoms with Crippen LogP contribution in [0.5, 0.6) is 0 Å². The maximum atomic E-state index is 6.20. The standard InChI is InChI=1S/C15H14N4S/c1-8-7-17-6-5-9(8)14-18-13(16)12-10-3-2-4-11(10)20-15(12)19-14/h5-7H,2-4H2,1H3,(H2,16,18,19). The molecule has 0 amide bonds. The lowest BCUT2D eigenvalue weighted by Crippen LogP contribution is -1.98. The van der Waals surface area contributed by atoms with Crippen molar-refractivity contribution in [2.24, 2.45) is 0 Å². The highest BCUT2D eigenvalue weighted by atomic mass is 32.1. The molecule has 4 rings (SSSR count). The Kier molecular flexibility index (Phi) is 2.50. The van der Waals surface area contributed by atoms with Crippen LogP contribution in [0.1, 0.15) is 22.4 Å². The van der Waals surface area contributed by atoms with Gasteiger partial charge in [-0.05, 0) is 43.4 Å². The van der Waals surface area contributed by atoms with Gasteiger partial charge in [0.15, 0.2) is 5.82 Å². The van der Waals surface area contributed by atoms with Gasteiger partial charge in [0.2, 0.25) is 0 Å². The molecule has 2 N–H and O–H groups in total. The van der Waals surface area contributed by atoms with E-state index < -0.39 is 0 Å². The lowest BCUT2D eigenvalue weighted by atomic mass is 10.1. The van der Waals surface area contributed by atoms with E-state index in [2.05, 4.69) is 9.97 Å². The molecule has 0 aromatic carbocycles. The molecule has 0 radical (unpaired) electrons. The van der Waals surface area contributed by atoms with Gasteiger partial charge in [-0.1, -0.05) is 0 Å². The fourth-order valence-electron chi connectivity index (χ4n) is 2.87. The average molecular weight is 282 g/mol. The molecule has 0 aliphatic heterocycles. The van der Waals surface area contributed by atoms with Crippen molar-refractivity contribution in [2.75, 3.05) is 5.73 Å². The van der Waals surface area contributed by atoms with Crippen LogP contribution in [-0.4, -0.2) is 15.0 Å². The van der Waals surface area contributed by atoms with Crippen LogP contribution < -0.4 is 5.73 Å². The van der Waals surface area contributed by atoms with E-state index in [-0.39, 0.29) is 0 Å². The molecule has 100 valence electrons. The molecule has 3 heterocycles. The van der Waals surface area contributed by atoms with Gasteiger partial charge < -0.3 is 5.73 Å². The first-order valence-corrected chi connectivity index (χ1v) is 7.54. The Morgan fingerprint density at radius 2 is 2.15 bits per heavy atom. The van der Waals surface area contributed by atoms with E-state index in [1.54, 1.807) is 17.5 Å². The number of thiophene rings is 1. The summed E-state index contributed by atoms with van der Waals surface area (Å²) in [4.78, 5) is 15.8. The molecule has 1 aliphatic carbocycles. The minimum absolute atomic E-state index is 0.612. The number of aryl methyl sites for hydroxylation is 3. The van der Waals surface area contributed by atoms with Crippen molar-refractivity contribution in [2.45, 2.75) is 26.2 Å². The Balaban J connectivity index is 1.98. The largest absolute Gasteiger partial charge is 0.383 e. The third-order valence-electron chi connectivity index (χ3n) is 3.85. The molecule has 1 aliphatic rings. The van der Waals surface area contributed by atoms with Crippen LogP contribution in [-0.2, 0) is 12.8 Å². The lowest BCUT2D eigenvalue weighted by Gasteiger charge is -2.06. The quantitative estimate of drug-likeness (QED) is 0.744. The SMILES string of the molecule is Cc1cnccc1-c1nc(N)c2c3c(sc2n1)CCC3. The molecule has 0 bridgehead atoms. The smallest absolute Gasteiger partial charge is 0.163 e. The van der Waals surface area contributed by atoms with E-state index in [4.69, 9.17) is 10.7 Å². The van der Waals surface area contributed by atoms with E-state index in [0.29, 0.717) is 11.6 Å². The topological polar surface area (TPSA) is 64.7 Å². The number of hydrogen-bond acceptors (Lipinski definition) is 5. The summed E-state index contributed by atoms with van der Waals surface area (Å²) >= 11 is 1.77. The first-order chi connectivity index (χ1) is 9.74. The molecule has 3 aromatic heterocycles. The second kappa shape index (κ2) is 4.24. The van der Waals surface area contributed by atoms with Crippen molar-refractivity contribution in [1.29, 1.82) is 0 Å². The minimum atomic E-state index is 0.612. The van der Waals surface area contributed by atoms with Crippen LogP contribution in [0.3, 0.4) is 0 Å². The van der Waals surface area contributed by atoms with Crippen LogP contribution in [0.2, 0.25) is 0 Å². The number of nitrogen functional groups attached to an aromatic ring is 1. The number of pyridine rings is 1. The van der Waals surface area contributed by atoms with E-state index in [1.165, 1.54) is 16.9 Å². The van der Waals surface area contributed by atoms with Gasteiger partial charge >= 0.3 is 0 Å². The monoisotopic (exact) mass is 282 g/mol. The Morgan fingerprint density at radius 3 is 3.00 bits per heavy atom. The molecule has 0 unspecified atom stereocenters. The van der Waals surface area contributed by atoms with Gasteiger partial charge in [-0.25, -0.2) is 9.97 Å². The zero-order valence-corrected chi connectivity index (χ0v) is 12.0. The zero-order chi connectivity index (χ0) is 13.7. The summed E-state index contributed by atoms with van der Waals surface area (Å²) in [6.07, 6.45) is 7.08. The first-order valence-electron chi connectivity index (χ1n) is 6.73. The van der Waals surface area contributed by atoms with E-state index in [1.807, 2.05) is 19.2 Å². The maximum Gasteiger partial charge on any atom is 0.163 e. The molecule has 0 saturated carbocycles. The fraction of sp³-hybridized carbons (Fsp3) is 0.267. The highest BCUT2D eigenvalue weighted by Gasteiger charge is 2.21. The Morgan fingerprint density at radius 1 is 1.25 bits per heavy atom. The molecule has 0 fully saturated rings. The molecule has 20 heavy (non-hydrogen) atoms. The summed E-state index contributed by atoms with van der Waals surface area (Å²) in [5.74, 6) is 1.32. The van der Waals surface area contributed by atoms with E-state index in [0.717, 1.165) is 34.2 Å². The predicted octanol–water partition coefficient (Wildman–Crippen LogP) is 3.13. The van der Waals surface area contributed by atoms with E-state index >= 15 is 0 Å². The number of anilines is 1. The molecule has 3 aromatic rings. The number of hydrogen-bond donors (Lipinski definition) is 1. The van der Waals surface area contributed by atoms with Crippen molar-refractivity contribution in [3.63, 3.8) is 0 Å². The van der Waals surface area contributed by atoms with Gasteiger partial charge in [-0.2, -0.15) is 0 Å². The van der Waals surface area contributed by atoms with Crippen molar-refractivity contribution in [3.8, 4) is 11.4 Å². The van der Waals surface area contributed by atoms with Gasteiger partial charge in [0, 0.05) is 22.8 Å². The predicted molar refractivity (Wildman–Crippen MR) is 81.8 cm³/mol. The van der Waals surface area contributed by atoms with Crippen LogP contribution in [0, 0.1) is 6.92 Å². The summed E-state index contributed by atoms with van der Waals surface area (Å²) in [5, 5.41) is 1.08. The molecule has 4 nitrogen and oxygen atoms in total. The van der Waals surface area contributed by atoms with Gasteiger partial charge in [0.05, 0.1) is 5.39 Å². The number of rotatable bonds is 1. The highest BCUT2D eigenvalue weighted by molar-refractivity contribution is 7.19. The Hall–Kier alpha value is -2.01. The Labute approximate surface area is 120 Å². The van der Waals surface area contributed by atoms with Crippen LogP contribution in [0.4, 0.5) is 5.82 Å². The van der Waals surface area contributed by atoms with Crippen LogP contribution in [0.25, 0.3) is 21.6 Å². The van der Waals surface area contributed by atoms with Crippen molar-refractivity contribution in [1.82, 2.24) is 15.0 Å². The van der Waals surface area contributed by atoms with Gasteiger partial charge in [0.25, 0.3) is 0 Å². The Bertz CT molecular complexity index is 822. The molecule has 0 atom stereocenters. The van der Waals surface area contributed by atoms with Gasteiger partial charge in [0.1, 0.15) is 10.6 Å². The van der Waals surface area contributed by atoms with Crippen LogP contribution >= 0.6 is 11.3 Å². The second-order valence-electron chi connectivity index (χ2n) is 5.16.